The standard InChI is InChI=1S/C19H17ClN2O2S2/c1-10-6-11(2)8-13(7-10)22-19(25)21-12-4-5-14-15(9-12)26-17(16(14)20)18(23)24-3/h4-9H,1-3H3,(H2,21,22,25). The van der Waals surface area contributed by atoms with E-state index >= 15 is 0 Å². The summed E-state index contributed by atoms with van der Waals surface area (Å²) < 4.78 is 5.65. The van der Waals surface area contributed by atoms with Crippen LogP contribution < -0.4 is 10.6 Å². The minimum Gasteiger partial charge on any atom is -0.465 e. The highest BCUT2D eigenvalue weighted by atomic mass is 35.5. The maximum atomic E-state index is 11.8. The normalized spacial score (nSPS) is 10.6. The topological polar surface area (TPSA) is 50.4 Å². The Morgan fingerprint density at radius 2 is 1.73 bits per heavy atom. The van der Waals surface area contributed by atoms with Crippen LogP contribution in [0.3, 0.4) is 0 Å². The zero-order valence-corrected chi connectivity index (χ0v) is 16.9. The fourth-order valence-electron chi connectivity index (χ4n) is 2.71. The first-order valence-electron chi connectivity index (χ1n) is 7.84. The largest absolute Gasteiger partial charge is 0.465 e. The molecular weight excluding hydrogens is 388 g/mol. The average Bonchev–Trinajstić information content (AvgIpc) is 2.89. The number of fused-ring (bicyclic) bond motifs is 1. The lowest BCUT2D eigenvalue weighted by atomic mass is 10.1. The second-order valence-corrected chi connectivity index (χ2v) is 7.74. The van der Waals surface area contributed by atoms with Crippen molar-refractivity contribution in [2.45, 2.75) is 13.8 Å². The number of hydrogen-bond donors (Lipinski definition) is 2. The molecule has 0 aliphatic rings. The van der Waals surface area contributed by atoms with Crippen molar-refractivity contribution in [3.63, 3.8) is 0 Å². The summed E-state index contributed by atoms with van der Waals surface area (Å²) in [6.45, 7) is 4.09. The van der Waals surface area contributed by atoms with Gasteiger partial charge in [0.1, 0.15) is 4.88 Å². The second kappa shape index (κ2) is 7.61. The summed E-state index contributed by atoms with van der Waals surface area (Å²) in [5, 5.41) is 8.07. The molecule has 7 heteroatoms. The third-order valence-electron chi connectivity index (χ3n) is 3.74. The maximum absolute atomic E-state index is 11.8. The number of methoxy groups -OCH3 is 1. The minimum atomic E-state index is -0.433. The van der Waals surface area contributed by atoms with E-state index in [1.54, 1.807) is 0 Å². The van der Waals surface area contributed by atoms with Crippen LogP contribution in [0.15, 0.2) is 36.4 Å². The Balaban J connectivity index is 1.80. The molecule has 26 heavy (non-hydrogen) atoms. The quantitative estimate of drug-likeness (QED) is 0.429. The van der Waals surface area contributed by atoms with Crippen LogP contribution in [0.1, 0.15) is 20.8 Å². The summed E-state index contributed by atoms with van der Waals surface area (Å²) in [6, 6.07) is 11.8. The van der Waals surface area contributed by atoms with E-state index in [0.717, 1.165) is 21.5 Å². The van der Waals surface area contributed by atoms with Gasteiger partial charge >= 0.3 is 5.97 Å². The third-order valence-corrected chi connectivity index (χ3v) is 5.58. The zero-order valence-electron chi connectivity index (χ0n) is 14.5. The van der Waals surface area contributed by atoms with Gasteiger partial charge in [0, 0.05) is 21.5 Å². The summed E-state index contributed by atoms with van der Waals surface area (Å²) >= 11 is 13.0. The van der Waals surface area contributed by atoms with Gasteiger partial charge < -0.3 is 15.4 Å². The Morgan fingerprint density at radius 1 is 1.08 bits per heavy atom. The number of esters is 1. The molecule has 2 N–H and O–H groups in total. The first kappa shape index (κ1) is 18.6. The van der Waals surface area contributed by atoms with Gasteiger partial charge in [0.2, 0.25) is 0 Å². The highest BCUT2D eigenvalue weighted by molar-refractivity contribution is 7.80. The fourth-order valence-corrected chi connectivity index (χ4v) is 4.41. The highest BCUT2D eigenvalue weighted by Crippen LogP contribution is 2.37. The number of carbonyl (C=O) groups is 1. The predicted octanol–water partition coefficient (Wildman–Crippen LogP) is 5.77. The van der Waals surface area contributed by atoms with Crippen LogP contribution in [0.25, 0.3) is 10.1 Å². The van der Waals surface area contributed by atoms with Crippen LogP contribution in [-0.2, 0) is 4.74 Å². The third kappa shape index (κ3) is 3.98. The number of rotatable bonds is 3. The van der Waals surface area contributed by atoms with Gasteiger partial charge in [-0.2, -0.15) is 0 Å². The van der Waals surface area contributed by atoms with E-state index < -0.39 is 5.97 Å². The number of thiocarbonyl (C=S) groups is 1. The van der Waals surface area contributed by atoms with Crippen LogP contribution in [0.4, 0.5) is 11.4 Å². The molecule has 0 aliphatic carbocycles. The van der Waals surface area contributed by atoms with Crippen molar-refractivity contribution >= 4 is 67.7 Å². The summed E-state index contributed by atoms with van der Waals surface area (Å²) in [5.41, 5.74) is 4.09. The molecule has 0 unspecified atom stereocenters. The van der Waals surface area contributed by atoms with Crippen molar-refractivity contribution in [2.24, 2.45) is 0 Å². The minimum absolute atomic E-state index is 0.400. The van der Waals surface area contributed by atoms with E-state index in [1.165, 1.54) is 29.6 Å². The van der Waals surface area contributed by atoms with Gasteiger partial charge in [-0.15, -0.1) is 11.3 Å². The summed E-state index contributed by atoms with van der Waals surface area (Å²) in [6.07, 6.45) is 0. The molecule has 0 fully saturated rings. The molecule has 1 heterocycles. The van der Waals surface area contributed by atoms with Gasteiger partial charge in [-0.1, -0.05) is 17.7 Å². The van der Waals surface area contributed by atoms with E-state index in [-0.39, 0.29) is 0 Å². The Bertz CT molecular complexity index is 994. The van der Waals surface area contributed by atoms with Gasteiger partial charge in [-0.05, 0) is 67.5 Å². The Morgan fingerprint density at radius 3 is 2.38 bits per heavy atom. The molecule has 0 saturated heterocycles. The number of nitrogens with one attached hydrogen (secondary N) is 2. The molecule has 3 aromatic rings. The number of aryl methyl sites for hydroxylation is 2. The van der Waals surface area contributed by atoms with E-state index in [4.69, 9.17) is 28.6 Å². The van der Waals surface area contributed by atoms with Gasteiger partial charge in [0.05, 0.1) is 12.1 Å². The molecule has 4 nitrogen and oxygen atoms in total. The molecule has 0 aliphatic heterocycles. The highest BCUT2D eigenvalue weighted by Gasteiger charge is 2.17. The lowest BCUT2D eigenvalue weighted by molar-refractivity contribution is 0.0606. The van der Waals surface area contributed by atoms with Crippen molar-refractivity contribution < 1.29 is 9.53 Å². The van der Waals surface area contributed by atoms with Crippen LogP contribution in [0.5, 0.6) is 0 Å². The van der Waals surface area contributed by atoms with Gasteiger partial charge in [-0.3, -0.25) is 0 Å². The lowest BCUT2D eigenvalue weighted by Gasteiger charge is -2.12. The number of anilines is 2. The number of carbonyl (C=O) groups excluding carboxylic acids is 1. The van der Waals surface area contributed by atoms with Crippen LogP contribution in [0.2, 0.25) is 5.02 Å². The van der Waals surface area contributed by atoms with Crippen molar-refractivity contribution in [3.05, 3.63) is 57.4 Å². The van der Waals surface area contributed by atoms with Gasteiger partial charge in [0.25, 0.3) is 0 Å². The molecule has 3 rings (SSSR count). The Hall–Kier alpha value is -2.15. The second-order valence-electron chi connectivity index (χ2n) is 5.90. The van der Waals surface area contributed by atoms with Crippen molar-refractivity contribution in [1.82, 2.24) is 0 Å². The molecule has 134 valence electrons. The summed E-state index contributed by atoms with van der Waals surface area (Å²) in [4.78, 5) is 12.2. The Kier molecular flexibility index (Phi) is 5.46. The summed E-state index contributed by atoms with van der Waals surface area (Å²) in [5.74, 6) is -0.433. The van der Waals surface area contributed by atoms with Crippen LogP contribution in [0, 0.1) is 13.8 Å². The number of halogens is 1. The molecule has 0 atom stereocenters. The molecule has 2 aromatic carbocycles. The number of thiophene rings is 1. The molecule has 0 bridgehead atoms. The first-order valence-corrected chi connectivity index (χ1v) is 9.44. The Labute approximate surface area is 166 Å². The average molecular weight is 405 g/mol. The monoisotopic (exact) mass is 404 g/mol. The smallest absolute Gasteiger partial charge is 0.349 e. The van der Waals surface area contributed by atoms with Crippen molar-refractivity contribution in [2.75, 3.05) is 17.7 Å². The van der Waals surface area contributed by atoms with Crippen molar-refractivity contribution in [3.8, 4) is 0 Å². The predicted molar refractivity (Wildman–Crippen MR) is 114 cm³/mol. The lowest BCUT2D eigenvalue weighted by Crippen LogP contribution is -2.19. The molecule has 0 radical (unpaired) electrons. The van der Waals surface area contributed by atoms with Crippen molar-refractivity contribution in [1.29, 1.82) is 0 Å². The molecule has 0 spiro atoms. The SMILES string of the molecule is COC(=O)c1sc2cc(NC(=S)Nc3cc(C)cc(C)c3)ccc2c1Cl. The van der Waals surface area contributed by atoms with E-state index in [9.17, 15) is 4.79 Å². The number of ether oxygens (including phenoxy) is 1. The molecule has 0 amide bonds. The van der Waals surface area contributed by atoms with Gasteiger partial charge in [-0.25, -0.2) is 4.79 Å². The van der Waals surface area contributed by atoms with Crippen LogP contribution in [-0.4, -0.2) is 18.2 Å². The molecule has 0 saturated carbocycles. The first-order chi connectivity index (χ1) is 12.4. The van der Waals surface area contributed by atoms with E-state index in [0.29, 0.717) is 15.0 Å². The van der Waals surface area contributed by atoms with Gasteiger partial charge in [0.15, 0.2) is 5.11 Å². The van der Waals surface area contributed by atoms with E-state index in [2.05, 4.69) is 16.7 Å². The molecule has 1 aromatic heterocycles. The zero-order chi connectivity index (χ0) is 18.8. The maximum Gasteiger partial charge on any atom is 0.349 e. The fraction of sp³-hybridized carbons (Fsp3) is 0.158. The van der Waals surface area contributed by atoms with E-state index in [1.807, 2.05) is 44.2 Å². The van der Waals surface area contributed by atoms with Crippen LogP contribution >= 0.6 is 35.2 Å². The number of benzene rings is 2. The molecular formula is C19H17ClN2O2S2. The summed E-state index contributed by atoms with van der Waals surface area (Å²) in [7, 11) is 1.34. The number of hydrogen-bond acceptors (Lipinski definition) is 4.